The first-order valence-electron chi connectivity index (χ1n) is 3.37. The van der Waals surface area contributed by atoms with Crippen molar-refractivity contribution in [3.05, 3.63) is 22.9 Å². The topological polar surface area (TPSA) is 0 Å². The first-order chi connectivity index (χ1) is 5.45. The fraction of sp³-hybridized carbons (Fsp3) is 0. The summed E-state index contributed by atoms with van der Waals surface area (Å²) in [5, 5.41) is 4.46. The summed E-state index contributed by atoms with van der Waals surface area (Å²) in [6.45, 7) is 0. The molecule has 52 valence electrons. The van der Waals surface area contributed by atoms with E-state index in [9.17, 15) is 0 Å². The third-order valence-electron chi connectivity index (χ3n) is 1.81. The van der Waals surface area contributed by atoms with E-state index in [-0.39, 0.29) is 21.1 Å². The minimum atomic E-state index is -0.328. The molecule has 3 rings (SSSR count). The van der Waals surface area contributed by atoms with Gasteiger partial charge >= 0.3 is 83.6 Å². The van der Waals surface area contributed by atoms with Gasteiger partial charge in [-0.25, -0.2) is 0 Å². The monoisotopic (exact) mass is 284 g/mol. The Morgan fingerprint density at radius 2 is 1.45 bits per heavy atom. The van der Waals surface area contributed by atoms with E-state index in [0.717, 1.165) is 0 Å². The van der Waals surface area contributed by atoms with Gasteiger partial charge in [-0.15, -0.1) is 0 Å². The van der Waals surface area contributed by atoms with E-state index in [2.05, 4.69) is 22.9 Å². The van der Waals surface area contributed by atoms with Crippen LogP contribution in [0.4, 0.5) is 0 Å². The molecule has 2 radical (unpaired) electrons. The average Bonchev–Trinajstić information content (AvgIpc) is 2.52. The molecule has 0 saturated carbocycles. The molecule has 0 atom stereocenters. The zero-order valence-corrected chi connectivity index (χ0v) is 10.1. The van der Waals surface area contributed by atoms with Crippen molar-refractivity contribution in [1.82, 2.24) is 0 Å². The van der Waals surface area contributed by atoms with Crippen LogP contribution in [-0.4, -0.2) is 21.1 Å². The summed E-state index contributed by atoms with van der Waals surface area (Å²) in [7, 11) is 0. The Labute approximate surface area is 83.1 Å². The predicted molar refractivity (Wildman–Crippen MR) is 52.7 cm³/mol. The van der Waals surface area contributed by atoms with Gasteiger partial charge in [0.2, 0.25) is 0 Å². The number of fused-ring (bicyclic) bond motifs is 3. The maximum absolute atomic E-state index is 2.32. The van der Waals surface area contributed by atoms with Crippen LogP contribution in [0, 0.1) is 0 Å². The Hall–Kier alpha value is 0.199. The fourth-order valence-electron chi connectivity index (χ4n) is 1.31. The summed E-state index contributed by atoms with van der Waals surface area (Å²) in [5.41, 5.74) is 0. The molecule has 2 aromatic heterocycles. The van der Waals surface area contributed by atoms with Gasteiger partial charge in [0.05, 0.1) is 0 Å². The molecule has 11 heavy (non-hydrogen) atoms. The molecule has 2 aromatic rings. The minimum absolute atomic E-state index is 0.328. The second-order valence-electron chi connectivity index (χ2n) is 2.45. The van der Waals surface area contributed by atoms with Crippen LogP contribution in [0.15, 0.2) is 22.9 Å². The maximum atomic E-state index is 2.32. The van der Waals surface area contributed by atoms with E-state index in [1.54, 1.807) is 16.9 Å². The molecule has 3 heteroatoms. The van der Waals surface area contributed by atoms with Crippen molar-refractivity contribution < 1.29 is 0 Å². The number of thiophene rings is 2. The van der Waals surface area contributed by atoms with Crippen molar-refractivity contribution in [2.45, 2.75) is 0 Å². The van der Waals surface area contributed by atoms with Crippen LogP contribution in [0.5, 0.6) is 0 Å². The van der Waals surface area contributed by atoms with E-state index in [0.29, 0.717) is 0 Å². The third kappa shape index (κ3) is 0.862. The SMILES string of the molecule is c1c[c]2c(s1)-c1scc[c]1[Sn]2. The Morgan fingerprint density at radius 1 is 0.909 bits per heavy atom. The summed E-state index contributed by atoms with van der Waals surface area (Å²) in [4.78, 5) is 3.17. The van der Waals surface area contributed by atoms with E-state index >= 15 is 0 Å². The molecule has 0 N–H and O–H groups in total. The molecule has 0 bridgehead atoms. The molecular weight excluding hydrogens is 279 g/mol. The third-order valence-corrected chi connectivity index (χ3v) is 8.75. The molecule has 0 fully saturated rings. The van der Waals surface area contributed by atoms with Crippen LogP contribution >= 0.6 is 22.7 Å². The number of hydrogen-bond donors (Lipinski definition) is 0. The summed E-state index contributed by atoms with van der Waals surface area (Å²) in [6, 6.07) is 4.64. The van der Waals surface area contributed by atoms with Crippen molar-refractivity contribution in [3.63, 3.8) is 0 Å². The van der Waals surface area contributed by atoms with Gasteiger partial charge in [0.15, 0.2) is 0 Å². The first-order valence-corrected chi connectivity index (χ1v) is 7.99. The quantitative estimate of drug-likeness (QED) is 0.548. The van der Waals surface area contributed by atoms with Crippen LogP contribution in [-0.2, 0) is 0 Å². The van der Waals surface area contributed by atoms with Gasteiger partial charge in [-0.05, 0) is 0 Å². The summed E-state index contributed by atoms with van der Waals surface area (Å²) >= 11 is 3.50. The predicted octanol–water partition coefficient (Wildman–Crippen LogP) is 1.44. The molecule has 0 spiro atoms. The molecule has 0 saturated heterocycles. The fourth-order valence-corrected chi connectivity index (χ4v) is 9.15. The second-order valence-corrected chi connectivity index (χ2v) is 8.07. The van der Waals surface area contributed by atoms with Crippen LogP contribution in [0.25, 0.3) is 9.75 Å². The van der Waals surface area contributed by atoms with Crippen molar-refractivity contribution >= 4 is 51.0 Å². The average molecular weight is 283 g/mol. The van der Waals surface area contributed by atoms with Crippen molar-refractivity contribution in [2.75, 3.05) is 0 Å². The Balaban J connectivity index is 2.38. The molecule has 1 aliphatic heterocycles. The number of hydrogen-bond acceptors (Lipinski definition) is 2. The first kappa shape index (κ1) is 6.69. The van der Waals surface area contributed by atoms with Gasteiger partial charge in [-0.3, -0.25) is 0 Å². The van der Waals surface area contributed by atoms with E-state index in [1.807, 2.05) is 22.7 Å². The van der Waals surface area contributed by atoms with Gasteiger partial charge in [0.25, 0.3) is 0 Å². The van der Waals surface area contributed by atoms with Gasteiger partial charge in [0.1, 0.15) is 0 Å². The standard InChI is InChI=1S/C8H4S2.Sn/c1-3-7(9-5-1)8-4-2-6-10-8;/h1-2,5-6H;. The summed E-state index contributed by atoms with van der Waals surface area (Å²) in [6.07, 6.45) is 0. The second kappa shape index (κ2) is 2.34. The van der Waals surface area contributed by atoms with Gasteiger partial charge < -0.3 is 0 Å². The Morgan fingerprint density at radius 3 is 2.00 bits per heavy atom. The van der Waals surface area contributed by atoms with E-state index in [4.69, 9.17) is 0 Å². The van der Waals surface area contributed by atoms with Gasteiger partial charge in [-0.2, -0.15) is 0 Å². The normalized spacial score (nSPS) is 13.1. The zero-order chi connectivity index (χ0) is 7.26. The molecule has 3 heterocycles. The molecule has 1 aliphatic rings. The van der Waals surface area contributed by atoms with Crippen LogP contribution in [0.1, 0.15) is 0 Å². The molecule has 0 aliphatic carbocycles. The number of rotatable bonds is 0. The Bertz CT molecular complexity index is 361. The molecular formula is C8H4S2Sn. The van der Waals surface area contributed by atoms with E-state index in [1.165, 1.54) is 0 Å². The van der Waals surface area contributed by atoms with Gasteiger partial charge in [0, 0.05) is 0 Å². The Kier molecular flexibility index (Phi) is 1.42. The van der Waals surface area contributed by atoms with Crippen LogP contribution in [0.2, 0.25) is 0 Å². The van der Waals surface area contributed by atoms with E-state index < -0.39 is 0 Å². The van der Waals surface area contributed by atoms with Gasteiger partial charge in [-0.1, -0.05) is 0 Å². The van der Waals surface area contributed by atoms with Crippen molar-refractivity contribution in [2.24, 2.45) is 0 Å². The molecule has 0 amide bonds. The summed E-state index contributed by atoms with van der Waals surface area (Å²) in [5.74, 6) is 0. The van der Waals surface area contributed by atoms with Crippen LogP contribution in [0.3, 0.4) is 0 Å². The van der Waals surface area contributed by atoms with Crippen LogP contribution < -0.4 is 7.16 Å². The molecule has 0 nitrogen and oxygen atoms in total. The van der Waals surface area contributed by atoms with Crippen molar-refractivity contribution in [3.8, 4) is 9.75 Å². The van der Waals surface area contributed by atoms with Crippen molar-refractivity contribution in [1.29, 1.82) is 0 Å². The summed E-state index contributed by atoms with van der Waals surface area (Å²) < 4.78 is 3.39. The molecule has 0 aromatic carbocycles. The molecule has 0 unspecified atom stereocenters. The zero-order valence-electron chi connectivity index (χ0n) is 5.63.